The van der Waals surface area contributed by atoms with E-state index in [0.717, 1.165) is 5.01 Å². The number of carbonyl (C=O) groups excluding carboxylic acids is 1. The molecule has 1 aromatic rings. The molecule has 0 aliphatic carbocycles. The van der Waals surface area contributed by atoms with Crippen molar-refractivity contribution in [3.8, 4) is 0 Å². The lowest BCUT2D eigenvalue weighted by Gasteiger charge is -2.29. The number of hydrazine groups is 1. The Balaban J connectivity index is 2.20. The van der Waals surface area contributed by atoms with E-state index in [1.54, 1.807) is 24.3 Å². The van der Waals surface area contributed by atoms with Gasteiger partial charge in [0, 0.05) is 24.4 Å². The number of nitrogens with zero attached hydrogens (tertiary/aromatic N) is 1. The van der Waals surface area contributed by atoms with Crippen molar-refractivity contribution >= 4 is 17.5 Å². The first-order valence-electron chi connectivity index (χ1n) is 5.74. The summed E-state index contributed by atoms with van der Waals surface area (Å²) in [6, 6.07) is 4.63. The van der Waals surface area contributed by atoms with Crippen molar-refractivity contribution in [1.82, 2.24) is 10.4 Å². The van der Waals surface area contributed by atoms with Gasteiger partial charge in [0.1, 0.15) is 6.04 Å². The zero-order valence-electron chi connectivity index (χ0n) is 9.88. The monoisotopic (exact) mass is 292 g/mol. The van der Waals surface area contributed by atoms with Crippen molar-refractivity contribution in [3.63, 3.8) is 0 Å². The highest BCUT2D eigenvalue weighted by molar-refractivity contribution is 6.31. The minimum absolute atomic E-state index is 0.0491. The van der Waals surface area contributed by atoms with Crippen LogP contribution in [0, 0.1) is 0 Å². The van der Waals surface area contributed by atoms with Gasteiger partial charge in [0.25, 0.3) is 0 Å². The molecule has 0 bridgehead atoms. The molecule has 1 aliphatic rings. The van der Waals surface area contributed by atoms with Gasteiger partial charge in [-0.1, -0.05) is 29.8 Å². The maximum Gasteiger partial charge on any atom is 0.406 e. The second kappa shape index (κ2) is 5.38. The predicted octanol–water partition coefficient (Wildman–Crippen LogP) is 2.55. The summed E-state index contributed by atoms with van der Waals surface area (Å²) in [7, 11) is 0. The second-order valence-corrected chi connectivity index (χ2v) is 4.74. The van der Waals surface area contributed by atoms with Gasteiger partial charge in [0.2, 0.25) is 5.91 Å². The first-order valence-corrected chi connectivity index (χ1v) is 6.12. The van der Waals surface area contributed by atoms with Gasteiger partial charge in [-0.05, 0) is 11.6 Å². The van der Waals surface area contributed by atoms with Crippen molar-refractivity contribution in [3.05, 3.63) is 34.9 Å². The minimum atomic E-state index is -4.43. The van der Waals surface area contributed by atoms with E-state index in [1.165, 1.54) is 0 Å². The zero-order valence-corrected chi connectivity index (χ0v) is 10.6. The molecular formula is C12H12ClF3N2O. The van der Waals surface area contributed by atoms with Gasteiger partial charge in [-0.15, -0.1) is 0 Å². The maximum atomic E-state index is 13.1. The van der Waals surface area contributed by atoms with Gasteiger partial charge in [-0.25, -0.2) is 5.01 Å². The van der Waals surface area contributed by atoms with Crippen LogP contribution in [0.4, 0.5) is 13.2 Å². The summed E-state index contributed by atoms with van der Waals surface area (Å²) in [6.07, 6.45) is -4.64. The summed E-state index contributed by atoms with van der Waals surface area (Å²) in [5, 5.41) is 1.23. The van der Waals surface area contributed by atoms with Crippen LogP contribution in [0.15, 0.2) is 24.3 Å². The van der Waals surface area contributed by atoms with E-state index in [-0.39, 0.29) is 19.4 Å². The van der Waals surface area contributed by atoms with E-state index in [1.807, 2.05) is 0 Å². The second-order valence-electron chi connectivity index (χ2n) is 4.33. The molecule has 1 saturated heterocycles. The average Bonchev–Trinajstić information content (AvgIpc) is 2.73. The van der Waals surface area contributed by atoms with Crippen LogP contribution in [0.2, 0.25) is 5.02 Å². The summed E-state index contributed by atoms with van der Waals surface area (Å²) in [5.41, 5.74) is 2.64. The molecule has 3 nitrogen and oxygen atoms in total. The lowest BCUT2D eigenvalue weighted by atomic mass is 10.1. The molecule has 2 rings (SSSR count). The highest BCUT2D eigenvalue weighted by Crippen LogP contribution is 2.30. The molecule has 1 fully saturated rings. The quantitative estimate of drug-likeness (QED) is 0.928. The number of nitrogens with one attached hydrogen (secondary N) is 1. The van der Waals surface area contributed by atoms with E-state index in [2.05, 4.69) is 5.43 Å². The van der Waals surface area contributed by atoms with Crippen LogP contribution in [-0.2, 0) is 11.2 Å². The lowest BCUT2D eigenvalue weighted by molar-refractivity contribution is -0.187. The molecule has 0 saturated carbocycles. The van der Waals surface area contributed by atoms with Crippen LogP contribution >= 0.6 is 11.6 Å². The molecule has 1 heterocycles. The summed E-state index contributed by atoms with van der Waals surface area (Å²) in [4.78, 5) is 11.1. The van der Waals surface area contributed by atoms with Gasteiger partial charge < -0.3 is 0 Å². The number of carbonyl (C=O) groups is 1. The molecule has 104 valence electrons. The van der Waals surface area contributed by atoms with E-state index < -0.39 is 18.1 Å². The fraction of sp³-hybridized carbons (Fsp3) is 0.417. The predicted molar refractivity (Wildman–Crippen MR) is 64.5 cm³/mol. The molecule has 1 atom stereocenters. The molecule has 0 unspecified atom stereocenters. The van der Waals surface area contributed by atoms with Crippen LogP contribution in [0.1, 0.15) is 12.0 Å². The third-order valence-electron chi connectivity index (χ3n) is 2.97. The Morgan fingerprint density at radius 1 is 1.37 bits per heavy atom. The van der Waals surface area contributed by atoms with Crippen molar-refractivity contribution in [1.29, 1.82) is 0 Å². The largest absolute Gasteiger partial charge is 0.406 e. The fourth-order valence-corrected chi connectivity index (χ4v) is 2.22. The van der Waals surface area contributed by atoms with Crippen molar-refractivity contribution in [2.75, 3.05) is 6.54 Å². The normalized spacial score (nSPS) is 18.4. The van der Waals surface area contributed by atoms with Crippen molar-refractivity contribution in [2.45, 2.75) is 25.1 Å². The number of benzene rings is 1. The Hall–Kier alpha value is -1.27. The highest BCUT2D eigenvalue weighted by atomic mass is 35.5. The maximum absolute atomic E-state index is 13.1. The molecule has 0 aromatic heterocycles. The molecule has 0 radical (unpaired) electrons. The molecule has 19 heavy (non-hydrogen) atoms. The molecule has 0 spiro atoms. The lowest BCUT2D eigenvalue weighted by Crippen LogP contribution is -2.51. The number of hydrogen-bond acceptors (Lipinski definition) is 2. The van der Waals surface area contributed by atoms with Crippen LogP contribution in [0.25, 0.3) is 0 Å². The van der Waals surface area contributed by atoms with Gasteiger partial charge in [-0.2, -0.15) is 13.2 Å². The summed E-state index contributed by atoms with van der Waals surface area (Å²) < 4.78 is 39.2. The van der Waals surface area contributed by atoms with Crippen LogP contribution in [0.3, 0.4) is 0 Å². The van der Waals surface area contributed by atoms with Gasteiger partial charge >= 0.3 is 6.18 Å². The number of hydrogen-bond donors (Lipinski definition) is 1. The summed E-state index contributed by atoms with van der Waals surface area (Å²) in [6.45, 7) is 0.0491. The highest BCUT2D eigenvalue weighted by Gasteiger charge is 2.45. The standard InChI is InChI=1S/C12H12ClF3N2O/c13-9-4-2-1-3-8(9)7-10(12(14,15)16)18-6-5-11(19)17-18/h1-4,10H,5-7H2,(H,17,19)/t10-/m0/s1. The molecule has 1 aromatic carbocycles. The summed E-state index contributed by atoms with van der Waals surface area (Å²) >= 11 is 5.88. The van der Waals surface area contributed by atoms with E-state index in [0.29, 0.717) is 10.6 Å². The summed E-state index contributed by atoms with van der Waals surface area (Å²) in [5.74, 6) is -0.395. The van der Waals surface area contributed by atoms with E-state index in [4.69, 9.17) is 11.6 Å². The molecule has 1 N–H and O–H groups in total. The first-order chi connectivity index (χ1) is 8.88. The molecule has 1 aliphatic heterocycles. The Morgan fingerprint density at radius 2 is 2.05 bits per heavy atom. The third-order valence-corrected chi connectivity index (χ3v) is 3.34. The molecular weight excluding hydrogens is 281 g/mol. The Bertz CT molecular complexity index is 478. The van der Waals surface area contributed by atoms with Crippen LogP contribution in [0.5, 0.6) is 0 Å². The van der Waals surface area contributed by atoms with Gasteiger partial charge in [0.15, 0.2) is 0 Å². The number of alkyl halides is 3. The Labute approximate surface area is 113 Å². The molecule has 1 amide bonds. The Morgan fingerprint density at radius 3 is 2.58 bits per heavy atom. The topological polar surface area (TPSA) is 32.3 Å². The van der Waals surface area contributed by atoms with Crippen molar-refractivity contribution in [2.24, 2.45) is 0 Å². The van der Waals surface area contributed by atoms with Crippen LogP contribution in [-0.4, -0.2) is 29.7 Å². The average molecular weight is 293 g/mol. The SMILES string of the molecule is O=C1CCN([C@@H](Cc2ccccc2Cl)C(F)(F)F)N1. The Kier molecular flexibility index (Phi) is 4.01. The van der Waals surface area contributed by atoms with Crippen molar-refractivity contribution < 1.29 is 18.0 Å². The molecule has 7 heteroatoms. The number of halogens is 4. The first kappa shape index (κ1) is 14.1. The van der Waals surface area contributed by atoms with E-state index in [9.17, 15) is 18.0 Å². The van der Waals surface area contributed by atoms with Gasteiger partial charge in [0.05, 0.1) is 0 Å². The van der Waals surface area contributed by atoms with Crippen LogP contribution < -0.4 is 5.43 Å². The van der Waals surface area contributed by atoms with Gasteiger partial charge in [-0.3, -0.25) is 10.2 Å². The zero-order chi connectivity index (χ0) is 14.0. The van der Waals surface area contributed by atoms with E-state index >= 15 is 0 Å². The third kappa shape index (κ3) is 3.39. The number of amides is 1. The fourth-order valence-electron chi connectivity index (χ4n) is 2.00. The smallest absolute Gasteiger partial charge is 0.288 e. The minimum Gasteiger partial charge on any atom is -0.288 e. The number of rotatable bonds is 3.